The molecule has 2 aromatic heterocycles. The molecule has 1 saturated heterocycles. The van der Waals surface area contributed by atoms with Crippen LogP contribution in [0.15, 0.2) is 6.07 Å². The molecule has 2 unspecified atom stereocenters. The van der Waals surface area contributed by atoms with E-state index in [-0.39, 0.29) is 0 Å². The number of aromatic nitrogens is 2. The van der Waals surface area contributed by atoms with E-state index in [1.54, 1.807) is 11.3 Å². The molecule has 1 N–H and O–H groups in total. The summed E-state index contributed by atoms with van der Waals surface area (Å²) in [5.41, 5.74) is 0. The second-order valence-electron chi connectivity index (χ2n) is 6.11. The summed E-state index contributed by atoms with van der Waals surface area (Å²) in [5, 5.41) is 4.27. The molecular formula is C15H23N5S. The van der Waals surface area contributed by atoms with Gasteiger partial charge in [0.15, 0.2) is 0 Å². The van der Waals surface area contributed by atoms with Gasteiger partial charge in [0.05, 0.1) is 5.39 Å². The van der Waals surface area contributed by atoms with Crippen molar-refractivity contribution in [2.45, 2.75) is 19.9 Å². The first-order valence-electron chi connectivity index (χ1n) is 7.37. The summed E-state index contributed by atoms with van der Waals surface area (Å²) in [7, 11) is 6.20. The molecule has 2 atom stereocenters. The number of fused-ring (bicyclic) bond motifs is 1. The third-order valence-electron chi connectivity index (χ3n) is 4.25. The lowest BCUT2D eigenvalue weighted by Gasteiger charge is -2.23. The van der Waals surface area contributed by atoms with Crippen LogP contribution < -0.4 is 10.2 Å². The Hall–Kier alpha value is -1.40. The van der Waals surface area contributed by atoms with E-state index in [0.29, 0.717) is 17.9 Å². The van der Waals surface area contributed by atoms with E-state index < -0.39 is 0 Å². The predicted molar refractivity (Wildman–Crippen MR) is 90.6 cm³/mol. The van der Waals surface area contributed by atoms with E-state index in [1.165, 1.54) is 10.3 Å². The number of nitrogens with zero attached hydrogens (tertiary/aromatic N) is 4. The van der Waals surface area contributed by atoms with Gasteiger partial charge in [-0.05, 0) is 33.0 Å². The van der Waals surface area contributed by atoms with Crippen LogP contribution in [0.4, 0.5) is 11.8 Å². The fourth-order valence-electron chi connectivity index (χ4n) is 3.17. The Balaban J connectivity index is 2.03. The Labute approximate surface area is 130 Å². The van der Waals surface area contributed by atoms with Crippen molar-refractivity contribution in [2.75, 3.05) is 44.4 Å². The molecule has 0 saturated carbocycles. The number of hydrogen-bond donors (Lipinski definition) is 1. The number of anilines is 2. The summed E-state index contributed by atoms with van der Waals surface area (Å²) in [6.45, 7) is 6.52. The molecular weight excluding hydrogens is 282 g/mol. The fourth-order valence-corrected chi connectivity index (χ4v) is 4.05. The van der Waals surface area contributed by atoms with Gasteiger partial charge in [0.2, 0.25) is 5.95 Å². The highest BCUT2D eigenvalue weighted by Gasteiger charge is 2.32. The van der Waals surface area contributed by atoms with E-state index in [0.717, 1.165) is 23.7 Å². The topological polar surface area (TPSA) is 44.3 Å². The Morgan fingerprint density at radius 3 is 2.71 bits per heavy atom. The van der Waals surface area contributed by atoms with Gasteiger partial charge in [0, 0.05) is 31.1 Å². The molecule has 0 bridgehead atoms. The van der Waals surface area contributed by atoms with Crippen LogP contribution in [0, 0.1) is 12.8 Å². The lowest BCUT2D eigenvalue weighted by atomic mass is 10.1. The Morgan fingerprint density at radius 1 is 1.33 bits per heavy atom. The number of thiophene rings is 1. The van der Waals surface area contributed by atoms with Crippen LogP contribution in [-0.2, 0) is 0 Å². The van der Waals surface area contributed by atoms with Gasteiger partial charge in [-0.15, -0.1) is 11.3 Å². The van der Waals surface area contributed by atoms with E-state index in [9.17, 15) is 0 Å². The van der Waals surface area contributed by atoms with Crippen LogP contribution in [0.3, 0.4) is 0 Å². The first-order valence-corrected chi connectivity index (χ1v) is 8.18. The average molecular weight is 305 g/mol. The minimum absolute atomic E-state index is 0.577. The number of hydrogen-bond acceptors (Lipinski definition) is 6. The van der Waals surface area contributed by atoms with E-state index in [2.05, 4.69) is 54.1 Å². The third kappa shape index (κ3) is 2.58. The minimum atomic E-state index is 0.577. The molecule has 6 heteroatoms. The lowest BCUT2D eigenvalue weighted by molar-refractivity contribution is 0.266. The summed E-state index contributed by atoms with van der Waals surface area (Å²) in [5.74, 6) is 2.42. The standard InChI is InChI=1S/C15H23N5S/c1-9-7-20(8-12(9)19(4)5)13-11-6-10(2)21-14(11)18-15(16-3)17-13/h6,9,12H,7-8H2,1-5H3,(H,16,17,18). The van der Waals surface area contributed by atoms with Crippen molar-refractivity contribution in [2.24, 2.45) is 5.92 Å². The number of nitrogens with one attached hydrogen (secondary N) is 1. The van der Waals surface area contributed by atoms with E-state index >= 15 is 0 Å². The quantitative estimate of drug-likeness (QED) is 0.943. The summed E-state index contributed by atoms with van der Waals surface area (Å²) >= 11 is 1.73. The number of aryl methyl sites for hydroxylation is 1. The van der Waals surface area contributed by atoms with Gasteiger partial charge < -0.3 is 15.1 Å². The smallest absolute Gasteiger partial charge is 0.225 e. The summed E-state index contributed by atoms with van der Waals surface area (Å²) in [6.07, 6.45) is 0. The molecule has 5 nitrogen and oxygen atoms in total. The van der Waals surface area contributed by atoms with Crippen molar-refractivity contribution in [1.82, 2.24) is 14.9 Å². The Kier molecular flexibility index (Phi) is 3.75. The van der Waals surface area contributed by atoms with Gasteiger partial charge in [-0.2, -0.15) is 4.98 Å². The maximum Gasteiger partial charge on any atom is 0.225 e. The molecule has 0 spiro atoms. The SMILES string of the molecule is CNc1nc(N2CC(C)C(N(C)C)C2)c2cc(C)sc2n1. The van der Waals surface area contributed by atoms with Crippen molar-refractivity contribution in [3.63, 3.8) is 0 Å². The van der Waals surface area contributed by atoms with Crippen molar-refractivity contribution >= 4 is 33.3 Å². The molecule has 1 aliphatic rings. The van der Waals surface area contributed by atoms with Crippen LogP contribution in [0.2, 0.25) is 0 Å². The number of rotatable bonds is 3. The van der Waals surface area contributed by atoms with Gasteiger partial charge in [-0.25, -0.2) is 4.98 Å². The van der Waals surface area contributed by atoms with Gasteiger partial charge in [0.25, 0.3) is 0 Å². The first kappa shape index (κ1) is 14.5. The zero-order chi connectivity index (χ0) is 15.1. The molecule has 0 radical (unpaired) electrons. The summed E-state index contributed by atoms with van der Waals surface area (Å²) in [6, 6.07) is 2.79. The van der Waals surface area contributed by atoms with Crippen LogP contribution >= 0.6 is 11.3 Å². The van der Waals surface area contributed by atoms with Gasteiger partial charge in [-0.1, -0.05) is 6.92 Å². The van der Waals surface area contributed by atoms with Crippen LogP contribution in [0.25, 0.3) is 10.2 Å². The van der Waals surface area contributed by atoms with Gasteiger partial charge in [0.1, 0.15) is 10.6 Å². The molecule has 1 fully saturated rings. The molecule has 114 valence electrons. The second-order valence-corrected chi connectivity index (χ2v) is 7.34. The largest absolute Gasteiger partial charge is 0.357 e. The fraction of sp³-hybridized carbons (Fsp3) is 0.600. The van der Waals surface area contributed by atoms with Crippen LogP contribution in [0.5, 0.6) is 0 Å². The van der Waals surface area contributed by atoms with Gasteiger partial charge in [-0.3, -0.25) is 0 Å². The minimum Gasteiger partial charge on any atom is -0.357 e. The molecule has 3 heterocycles. The van der Waals surface area contributed by atoms with Gasteiger partial charge >= 0.3 is 0 Å². The lowest BCUT2D eigenvalue weighted by Crippen LogP contribution is -2.34. The Bertz CT molecular complexity index is 651. The summed E-state index contributed by atoms with van der Waals surface area (Å²) in [4.78, 5) is 16.4. The maximum atomic E-state index is 4.73. The highest BCUT2D eigenvalue weighted by molar-refractivity contribution is 7.18. The van der Waals surface area contributed by atoms with E-state index in [4.69, 9.17) is 4.98 Å². The van der Waals surface area contributed by atoms with Crippen molar-refractivity contribution in [1.29, 1.82) is 0 Å². The van der Waals surface area contributed by atoms with Crippen molar-refractivity contribution in [3.05, 3.63) is 10.9 Å². The molecule has 0 aliphatic carbocycles. The molecule has 3 rings (SSSR count). The van der Waals surface area contributed by atoms with Crippen molar-refractivity contribution in [3.8, 4) is 0 Å². The van der Waals surface area contributed by atoms with E-state index in [1.807, 2.05) is 7.05 Å². The van der Waals surface area contributed by atoms with Crippen LogP contribution in [-0.4, -0.2) is 55.1 Å². The highest BCUT2D eigenvalue weighted by Crippen LogP contribution is 2.34. The predicted octanol–water partition coefficient (Wildman–Crippen LogP) is 2.43. The normalized spacial score (nSPS) is 22.5. The monoisotopic (exact) mass is 305 g/mol. The van der Waals surface area contributed by atoms with Crippen molar-refractivity contribution < 1.29 is 0 Å². The average Bonchev–Trinajstić information content (AvgIpc) is 2.99. The zero-order valence-corrected chi connectivity index (χ0v) is 14.2. The molecule has 0 amide bonds. The first-order chi connectivity index (χ1) is 9.99. The second kappa shape index (κ2) is 5.42. The summed E-state index contributed by atoms with van der Waals surface area (Å²) < 4.78 is 0. The highest BCUT2D eigenvalue weighted by atomic mass is 32.1. The molecule has 21 heavy (non-hydrogen) atoms. The molecule has 2 aromatic rings. The maximum absolute atomic E-state index is 4.73. The molecule has 0 aromatic carbocycles. The molecule has 1 aliphatic heterocycles. The van der Waals surface area contributed by atoms with Crippen LogP contribution in [0.1, 0.15) is 11.8 Å². The third-order valence-corrected chi connectivity index (χ3v) is 5.20. The Morgan fingerprint density at radius 2 is 2.10 bits per heavy atom. The number of likely N-dealkylation sites (N-methyl/N-ethyl adjacent to an activating group) is 1. The zero-order valence-electron chi connectivity index (χ0n) is 13.3.